The number of carbonyl (C=O) groups is 2. The van der Waals surface area contributed by atoms with Crippen molar-refractivity contribution in [3.8, 4) is 0 Å². The Balaban J connectivity index is 1.77. The Morgan fingerprint density at radius 3 is 2.75 bits per heavy atom. The number of imidazole rings is 1. The molecule has 2 unspecified atom stereocenters. The average molecular weight is 376 g/mol. The van der Waals surface area contributed by atoms with Crippen LogP contribution in [0, 0.1) is 0 Å². The third kappa shape index (κ3) is 2.95. The first kappa shape index (κ1) is 18.2. The molecule has 2 aromatic heterocycles. The van der Waals surface area contributed by atoms with E-state index < -0.39 is 0 Å². The highest BCUT2D eigenvalue weighted by molar-refractivity contribution is 6.08. The van der Waals surface area contributed by atoms with Crippen molar-refractivity contribution in [1.29, 1.82) is 0 Å². The second-order valence-electron chi connectivity index (χ2n) is 7.38. The first-order valence-corrected chi connectivity index (χ1v) is 9.70. The van der Waals surface area contributed by atoms with Gasteiger partial charge < -0.3 is 10.2 Å². The van der Waals surface area contributed by atoms with Crippen LogP contribution in [0.3, 0.4) is 0 Å². The summed E-state index contributed by atoms with van der Waals surface area (Å²) in [7, 11) is 0. The molecule has 1 aromatic carbocycles. The third-order valence-corrected chi connectivity index (χ3v) is 5.37. The normalized spacial score (nSPS) is 16.8. The minimum atomic E-state index is -0.257. The summed E-state index contributed by atoms with van der Waals surface area (Å²) >= 11 is 0. The van der Waals surface area contributed by atoms with Gasteiger partial charge in [0, 0.05) is 24.0 Å². The Hall–Kier alpha value is -3.15. The molecule has 3 heterocycles. The number of fused-ring (bicyclic) bond motifs is 2. The number of rotatable bonds is 4. The fourth-order valence-electron chi connectivity index (χ4n) is 3.73. The van der Waals surface area contributed by atoms with Gasteiger partial charge in [0.2, 0.25) is 5.82 Å². The second kappa shape index (κ2) is 7.11. The summed E-state index contributed by atoms with van der Waals surface area (Å²) in [5.41, 5.74) is 2.98. The van der Waals surface area contributed by atoms with Crippen molar-refractivity contribution >= 4 is 23.0 Å². The van der Waals surface area contributed by atoms with E-state index in [4.69, 9.17) is 0 Å². The van der Waals surface area contributed by atoms with Gasteiger partial charge in [0.1, 0.15) is 0 Å². The summed E-state index contributed by atoms with van der Waals surface area (Å²) in [6, 6.07) is 13.5. The van der Waals surface area contributed by atoms with Gasteiger partial charge in [-0.25, -0.2) is 4.98 Å². The molecule has 1 aliphatic heterocycles. The van der Waals surface area contributed by atoms with Crippen LogP contribution in [0.25, 0.3) is 5.52 Å². The van der Waals surface area contributed by atoms with E-state index in [0.717, 1.165) is 24.1 Å². The number of nitrogens with one attached hydrogen (secondary N) is 1. The Bertz CT molecular complexity index is 1060. The number of hydrogen-bond acceptors (Lipinski definition) is 3. The van der Waals surface area contributed by atoms with E-state index in [-0.39, 0.29) is 35.4 Å². The van der Waals surface area contributed by atoms with Crippen molar-refractivity contribution in [2.45, 2.75) is 45.7 Å². The first-order valence-electron chi connectivity index (χ1n) is 9.70. The molecule has 28 heavy (non-hydrogen) atoms. The van der Waals surface area contributed by atoms with Crippen LogP contribution in [-0.2, 0) is 6.42 Å². The van der Waals surface area contributed by atoms with Crippen LogP contribution in [0.2, 0.25) is 0 Å². The predicted octanol–water partition coefficient (Wildman–Crippen LogP) is 3.45. The Morgan fingerprint density at radius 2 is 1.96 bits per heavy atom. The molecule has 0 spiro atoms. The number of benzene rings is 1. The maximum absolute atomic E-state index is 13.5. The Labute approximate surface area is 164 Å². The van der Waals surface area contributed by atoms with Crippen molar-refractivity contribution in [2.24, 2.45) is 0 Å². The largest absolute Gasteiger partial charge is 0.348 e. The molecule has 4 rings (SSSR count). The van der Waals surface area contributed by atoms with Gasteiger partial charge in [0.25, 0.3) is 11.8 Å². The van der Waals surface area contributed by atoms with E-state index in [1.807, 2.05) is 63.2 Å². The molecular formula is C22H24N4O2. The number of pyridine rings is 1. The van der Waals surface area contributed by atoms with E-state index in [9.17, 15) is 9.59 Å². The van der Waals surface area contributed by atoms with Crippen molar-refractivity contribution in [2.75, 3.05) is 4.90 Å². The third-order valence-electron chi connectivity index (χ3n) is 5.37. The maximum Gasteiger partial charge on any atom is 0.294 e. The molecule has 0 fully saturated rings. The fraction of sp³-hybridized carbons (Fsp3) is 0.318. The Morgan fingerprint density at radius 1 is 1.21 bits per heavy atom. The minimum Gasteiger partial charge on any atom is -0.348 e. The van der Waals surface area contributed by atoms with Gasteiger partial charge in [-0.05, 0) is 50.5 Å². The van der Waals surface area contributed by atoms with E-state index in [2.05, 4.69) is 10.3 Å². The topological polar surface area (TPSA) is 66.7 Å². The number of anilines is 1. The molecule has 0 bridgehead atoms. The van der Waals surface area contributed by atoms with Crippen LogP contribution in [0.5, 0.6) is 0 Å². The van der Waals surface area contributed by atoms with Gasteiger partial charge in [0.15, 0.2) is 5.69 Å². The molecule has 144 valence electrons. The molecule has 6 nitrogen and oxygen atoms in total. The zero-order chi connectivity index (χ0) is 19.8. The lowest BCUT2D eigenvalue weighted by atomic mass is 10.1. The quantitative estimate of drug-likeness (QED) is 0.758. The minimum absolute atomic E-state index is 0.0394. The lowest BCUT2D eigenvalue weighted by Gasteiger charge is -2.21. The second-order valence-corrected chi connectivity index (χ2v) is 7.38. The lowest BCUT2D eigenvalue weighted by molar-refractivity contribution is 0.0936. The highest BCUT2D eigenvalue weighted by Crippen LogP contribution is 2.33. The zero-order valence-corrected chi connectivity index (χ0v) is 16.3. The summed E-state index contributed by atoms with van der Waals surface area (Å²) in [4.78, 5) is 32.5. The average Bonchev–Trinajstić information content (AvgIpc) is 3.24. The summed E-state index contributed by atoms with van der Waals surface area (Å²) in [6.45, 7) is 5.99. The number of aromatic nitrogens is 2. The van der Waals surface area contributed by atoms with Crippen LogP contribution in [-0.4, -0.2) is 33.3 Å². The van der Waals surface area contributed by atoms with Crippen molar-refractivity contribution in [3.05, 3.63) is 65.7 Å². The van der Waals surface area contributed by atoms with E-state index in [1.165, 1.54) is 0 Å². The van der Waals surface area contributed by atoms with Gasteiger partial charge in [0.05, 0.1) is 5.52 Å². The van der Waals surface area contributed by atoms with Gasteiger partial charge in [-0.15, -0.1) is 0 Å². The fourth-order valence-corrected chi connectivity index (χ4v) is 3.73. The molecule has 1 aliphatic rings. The van der Waals surface area contributed by atoms with Crippen LogP contribution in [0.15, 0.2) is 48.7 Å². The number of amides is 2. The van der Waals surface area contributed by atoms with Gasteiger partial charge in [-0.2, -0.15) is 0 Å². The zero-order valence-electron chi connectivity index (χ0n) is 16.3. The van der Waals surface area contributed by atoms with Crippen LogP contribution in [0.1, 0.15) is 53.9 Å². The molecule has 2 atom stereocenters. The smallest absolute Gasteiger partial charge is 0.294 e. The van der Waals surface area contributed by atoms with Crippen molar-refractivity contribution < 1.29 is 9.59 Å². The lowest BCUT2D eigenvalue weighted by Crippen LogP contribution is -2.37. The SMILES string of the molecule is CCC(C)NC(=O)c1nc(C(=O)N2c3ccccc3CC2C)n2ccccc12. The summed E-state index contributed by atoms with van der Waals surface area (Å²) in [5.74, 6) is -0.193. The van der Waals surface area contributed by atoms with Crippen molar-refractivity contribution in [1.82, 2.24) is 14.7 Å². The summed E-state index contributed by atoms with van der Waals surface area (Å²) in [6.07, 6.45) is 3.42. The molecule has 1 N–H and O–H groups in total. The molecule has 2 amide bonds. The molecule has 6 heteroatoms. The standard InChI is InChI=1S/C22H24N4O2/c1-4-14(2)23-21(27)19-18-11-7-8-12-25(18)20(24-19)22(28)26-15(3)13-16-9-5-6-10-17(16)26/h5-12,14-15H,4,13H2,1-3H3,(H,23,27). The molecule has 0 saturated carbocycles. The predicted molar refractivity (Wildman–Crippen MR) is 109 cm³/mol. The van der Waals surface area contributed by atoms with Crippen LogP contribution in [0.4, 0.5) is 5.69 Å². The monoisotopic (exact) mass is 376 g/mol. The molecule has 0 aliphatic carbocycles. The van der Waals surface area contributed by atoms with Crippen molar-refractivity contribution in [3.63, 3.8) is 0 Å². The Kier molecular flexibility index (Phi) is 4.63. The summed E-state index contributed by atoms with van der Waals surface area (Å²) in [5, 5.41) is 2.94. The van der Waals surface area contributed by atoms with E-state index in [1.54, 1.807) is 15.5 Å². The van der Waals surface area contributed by atoms with Gasteiger partial charge >= 0.3 is 0 Å². The van der Waals surface area contributed by atoms with Crippen LogP contribution >= 0.6 is 0 Å². The number of nitrogens with zero attached hydrogens (tertiary/aromatic N) is 3. The summed E-state index contributed by atoms with van der Waals surface area (Å²) < 4.78 is 1.71. The van der Waals surface area contributed by atoms with Gasteiger partial charge in [-0.3, -0.25) is 14.0 Å². The van der Waals surface area contributed by atoms with E-state index in [0.29, 0.717) is 5.52 Å². The molecular weight excluding hydrogens is 352 g/mol. The number of para-hydroxylation sites is 1. The molecule has 0 saturated heterocycles. The maximum atomic E-state index is 13.5. The highest BCUT2D eigenvalue weighted by atomic mass is 16.2. The highest BCUT2D eigenvalue weighted by Gasteiger charge is 2.34. The number of carbonyl (C=O) groups excluding carboxylic acids is 2. The van der Waals surface area contributed by atoms with Crippen LogP contribution < -0.4 is 10.2 Å². The first-order chi connectivity index (χ1) is 13.5. The molecule has 3 aromatic rings. The van der Waals surface area contributed by atoms with Gasteiger partial charge in [-0.1, -0.05) is 31.2 Å². The molecule has 0 radical (unpaired) electrons. The number of hydrogen-bond donors (Lipinski definition) is 1. The van der Waals surface area contributed by atoms with E-state index >= 15 is 0 Å².